The zero-order valence-electron chi connectivity index (χ0n) is 16.1. The Balaban J connectivity index is 1.59. The number of hydrogen-bond acceptors (Lipinski definition) is 4. The summed E-state index contributed by atoms with van der Waals surface area (Å²) < 4.78 is 6.02. The Morgan fingerprint density at radius 2 is 2.04 bits per heavy atom. The summed E-state index contributed by atoms with van der Waals surface area (Å²) in [7, 11) is 0. The zero-order chi connectivity index (χ0) is 19.3. The lowest BCUT2D eigenvalue weighted by Crippen LogP contribution is -2.40. The number of aromatic nitrogens is 1. The number of ether oxygens (including phenoxy) is 1. The highest BCUT2D eigenvalue weighted by Gasteiger charge is 2.22. The van der Waals surface area contributed by atoms with E-state index < -0.39 is 0 Å². The predicted molar refractivity (Wildman–Crippen MR) is 112 cm³/mol. The van der Waals surface area contributed by atoms with E-state index in [9.17, 15) is 4.79 Å². The van der Waals surface area contributed by atoms with Gasteiger partial charge in [-0.2, -0.15) is 0 Å². The molecular weight excluding hydrogens is 350 g/mol. The zero-order valence-corrected chi connectivity index (χ0v) is 16.1. The largest absolute Gasteiger partial charge is 0.457 e. The lowest BCUT2D eigenvalue weighted by molar-refractivity contribution is -0.119. The number of hydrogen-bond donors (Lipinski definition) is 1. The van der Waals surface area contributed by atoms with Crippen molar-refractivity contribution in [1.82, 2.24) is 10.3 Å². The molecule has 1 aromatic heterocycles. The van der Waals surface area contributed by atoms with Crippen LogP contribution in [-0.2, 0) is 4.79 Å². The highest BCUT2D eigenvalue weighted by atomic mass is 16.5. The van der Waals surface area contributed by atoms with E-state index in [1.807, 2.05) is 48.7 Å². The number of nitrogens with zero attached hydrogens (tertiary/aromatic N) is 2. The van der Waals surface area contributed by atoms with Crippen LogP contribution in [0, 0.1) is 5.92 Å². The van der Waals surface area contributed by atoms with Crippen LogP contribution < -0.4 is 15.0 Å². The smallest absolute Gasteiger partial charge is 0.216 e. The maximum atomic E-state index is 11.3. The SMILES string of the molecule is CC(=O)NCC1CCCN(c2ccnc3ccc(Oc4ccccc4)cc23)C1. The number of rotatable bonds is 5. The third kappa shape index (κ3) is 4.25. The van der Waals surface area contributed by atoms with Crippen LogP contribution in [0.3, 0.4) is 0 Å². The van der Waals surface area contributed by atoms with E-state index in [4.69, 9.17) is 4.74 Å². The van der Waals surface area contributed by atoms with Gasteiger partial charge in [0, 0.05) is 43.8 Å². The van der Waals surface area contributed by atoms with Gasteiger partial charge in [-0.05, 0) is 55.2 Å². The molecule has 0 aliphatic carbocycles. The molecule has 144 valence electrons. The van der Waals surface area contributed by atoms with Crippen molar-refractivity contribution in [3.05, 3.63) is 60.8 Å². The lowest BCUT2D eigenvalue weighted by atomic mass is 9.97. The highest BCUT2D eigenvalue weighted by molar-refractivity contribution is 5.92. The van der Waals surface area contributed by atoms with E-state index in [-0.39, 0.29) is 5.91 Å². The molecule has 1 N–H and O–H groups in total. The number of carbonyl (C=O) groups is 1. The van der Waals surface area contributed by atoms with E-state index in [0.29, 0.717) is 5.92 Å². The normalized spacial score (nSPS) is 16.8. The van der Waals surface area contributed by atoms with Crippen molar-refractivity contribution in [1.29, 1.82) is 0 Å². The Morgan fingerprint density at radius 1 is 1.18 bits per heavy atom. The van der Waals surface area contributed by atoms with Crippen molar-refractivity contribution in [3.63, 3.8) is 0 Å². The van der Waals surface area contributed by atoms with Crippen molar-refractivity contribution >= 4 is 22.5 Å². The van der Waals surface area contributed by atoms with Gasteiger partial charge in [-0.3, -0.25) is 9.78 Å². The van der Waals surface area contributed by atoms with Crippen LogP contribution in [-0.4, -0.2) is 30.5 Å². The molecule has 1 aliphatic rings. The quantitative estimate of drug-likeness (QED) is 0.719. The minimum absolute atomic E-state index is 0.0363. The molecule has 1 saturated heterocycles. The number of amides is 1. The molecule has 1 aliphatic heterocycles. The first kappa shape index (κ1) is 18.3. The number of nitrogens with one attached hydrogen (secondary N) is 1. The number of benzene rings is 2. The second-order valence-electron chi connectivity index (χ2n) is 7.32. The fraction of sp³-hybridized carbons (Fsp3) is 0.304. The molecule has 5 nitrogen and oxygen atoms in total. The van der Waals surface area contributed by atoms with Gasteiger partial charge in [0.05, 0.1) is 5.52 Å². The third-order valence-electron chi connectivity index (χ3n) is 5.17. The molecule has 5 heteroatoms. The molecule has 1 amide bonds. The molecule has 4 rings (SSSR count). The summed E-state index contributed by atoms with van der Waals surface area (Å²) in [6.45, 7) is 4.26. The van der Waals surface area contributed by atoms with Crippen molar-refractivity contribution in [2.75, 3.05) is 24.5 Å². The third-order valence-corrected chi connectivity index (χ3v) is 5.17. The van der Waals surface area contributed by atoms with Gasteiger partial charge in [-0.1, -0.05) is 18.2 Å². The molecule has 2 heterocycles. The van der Waals surface area contributed by atoms with Crippen molar-refractivity contribution in [3.8, 4) is 11.5 Å². The molecule has 0 radical (unpaired) electrons. The number of para-hydroxylation sites is 1. The Labute approximate surface area is 165 Å². The van der Waals surface area contributed by atoms with E-state index in [2.05, 4.69) is 27.3 Å². The average Bonchev–Trinajstić information content (AvgIpc) is 2.73. The Hall–Kier alpha value is -3.08. The van der Waals surface area contributed by atoms with Crippen molar-refractivity contribution in [2.24, 2.45) is 5.92 Å². The summed E-state index contributed by atoms with van der Waals surface area (Å²) in [5.41, 5.74) is 2.14. The average molecular weight is 375 g/mol. The molecular formula is C23H25N3O2. The van der Waals surface area contributed by atoms with Crippen molar-refractivity contribution in [2.45, 2.75) is 19.8 Å². The predicted octanol–water partition coefficient (Wildman–Crippen LogP) is 4.38. The second kappa shape index (κ2) is 8.30. The number of piperidine rings is 1. The molecule has 3 aromatic rings. The number of anilines is 1. The van der Waals surface area contributed by atoms with E-state index in [1.54, 1.807) is 6.92 Å². The summed E-state index contributed by atoms with van der Waals surface area (Å²) in [6.07, 6.45) is 4.13. The Kier molecular flexibility index (Phi) is 5.42. The van der Waals surface area contributed by atoms with Crippen LogP contribution in [0.2, 0.25) is 0 Å². The van der Waals surface area contributed by atoms with Crippen LogP contribution in [0.5, 0.6) is 11.5 Å². The summed E-state index contributed by atoms with van der Waals surface area (Å²) in [5.74, 6) is 2.12. The Morgan fingerprint density at radius 3 is 2.86 bits per heavy atom. The summed E-state index contributed by atoms with van der Waals surface area (Å²) >= 11 is 0. The standard InChI is InChI=1S/C23H25N3O2/c1-17(27)25-15-18-6-5-13-26(16-18)23-11-12-24-22-10-9-20(14-21(22)23)28-19-7-3-2-4-8-19/h2-4,7-12,14,18H,5-6,13,15-16H2,1H3,(H,25,27). The van der Waals surface area contributed by atoms with E-state index >= 15 is 0 Å². The minimum Gasteiger partial charge on any atom is -0.457 e. The first-order valence-electron chi connectivity index (χ1n) is 9.80. The fourth-order valence-corrected chi connectivity index (χ4v) is 3.81. The molecule has 28 heavy (non-hydrogen) atoms. The van der Waals surface area contributed by atoms with Crippen LogP contribution in [0.4, 0.5) is 5.69 Å². The van der Waals surface area contributed by atoms with Crippen LogP contribution in [0.15, 0.2) is 60.8 Å². The first-order valence-corrected chi connectivity index (χ1v) is 9.80. The van der Waals surface area contributed by atoms with Gasteiger partial charge in [0.25, 0.3) is 0 Å². The molecule has 0 spiro atoms. The Bertz CT molecular complexity index is 958. The van der Waals surface area contributed by atoms with Crippen LogP contribution in [0.25, 0.3) is 10.9 Å². The monoisotopic (exact) mass is 375 g/mol. The second-order valence-corrected chi connectivity index (χ2v) is 7.32. The summed E-state index contributed by atoms with van der Waals surface area (Å²) in [6, 6.07) is 17.9. The topological polar surface area (TPSA) is 54.5 Å². The molecule has 2 aromatic carbocycles. The van der Waals surface area contributed by atoms with Crippen LogP contribution in [0.1, 0.15) is 19.8 Å². The lowest BCUT2D eigenvalue weighted by Gasteiger charge is -2.35. The van der Waals surface area contributed by atoms with E-state index in [1.165, 1.54) is 5.69 Å². The first-order chi connectivity index (χ1) is 13.7. The van der Waals surface area contributed by atoms with Gasteiger partial charge in [-0.15, -0.1) is 0 Å². The number of carbonyl (C=O) groups excluding carboxylic acids is 1. The van der Waals surface area contributed by atoms with Gasteiger partial charge >= 0.3 is 0 Å². The molecule has 1 atom stereocenters. The molecule has 0 saturated carbocycles. The minimum atomic E-state index is 0.0363. The maximum Gasteiger partial charge on any atom is 0.216 e. The number of fused-ring (bicyclic) bond motifs is 1. The molecule has 1 fully saturated rings. The van der Waals surface area contributed by atoms with Crippen LogP contribution >= 0.6 is 0 Å². The van der Waals surface area contributed by atoms with Crippen molar-refractivity contribution < 1.29 is 9.53 Å². The summed E-state index contributed by atoms with van der Waals surface area (Å²) in [5, 5.41) is 4.06. The molecule has 1 unspecified atom stereocenters. The van der Waals surface area contributed by atoms with E-state index in [0.717, 1.165) is 54.9 Å². The van der Waals surface area contributed by atoms with Gasteiger partial charge in [0.15, 0.2) is 0 Å². The van der Waals surface area contributed by atoms with Gasteiger partial charge in [0.1, 0.15) is 11.5 Å². The summed E-state index contributed by atoms with van der Waals surface area (Å²) in [4.78, 5) is 18.2. The number of pyridine rings is 1. The van der Waals surface area contributed by atoms with Gasteiger partial charge in [0.2, 0.25) is 5.91 Å². The molecule has 0 bridgehead atoms. The van der Waals surface area contributed by atoms with Gasteiger partial charge in [-0.25, -0.2) is 0 Å². The highest BCUT2D eigenvalue weighted by Crippen LogP contribution is 2.33. The van der Waals surface area contributed by atoms with Gasteiger partial charge < -0.3 is 15.0 Å². The fourth-order valence-electron chi connectivity index (χ4n) is 3.81. The maximum absolute atomic E-state index is 11.3.